The van der Waals surface area contributed by atoms with Crippen LogP contribution >= 0.6 is 0 Å². The molecule has 1 aliphatic heterocycles. The maximum Gasteiger partial charge on any atom is 0.340 e. The van der Waals surface area contributed by atoms with Gasteiger partial charge in [0.15, 0.2) is 0 Å². The second-order valence-corrected chi connectivity index (χ2v) is 4.52. The Hall–Kier alpha value is -1.62. The molecule has 1 aromatic carbocycles. The zero-order chi connectivity index (χ0) is 13.1. The van der Waals surface area contributed by atoms with Crippen LogP contribution in [0.1, 0.15) is 23.7 Å². The van der Waals surface area contributed by atoms with Crippen LogP contribution in [0.3, 0.4) is 0 Å². The summed E-state index contributed by atoms with van der Waals surface area (Å²) in [6, 6.07) is 4.28. The molecule has 0 aliphatic carbocycles. The summed E-state index contributed by atoms with van der Waals surface area (Å²) in [5, 5.41) is 12.1. The average molecular weight is 253 g/mol. The summed E-state index contributed by atoms with van der Waals surface area (Å²) in [4.78, 5) is 11.0. The van der Waals surface area contributed by atoms with Crippen LogP contribution in [-0.4, -0.2) is 30.3 Å². The van der Waals surface area contributed by atoms with Gasteiger partial charge in [-0.3, -0.25) is 0 Å². The highest BCUT2D eigenvalue weighted by atomic mass is 19.1. The van der Waals surface area contributed by atoms with E-state index in [9.17, 15) is 9.18 Å². The Labute approximate surface area is 105 Å². The third-order valence-corrected chi connectivity index (χ3v) is 3.28. The molecule has 1 aliphatic rings. The van der Waals surface area contributed by atoms with E-state index in [1.165, 1.54) is 6.07 Å². The minimum absolute atomic E-state index is 0.0485. The summed E-state index contributed by atoms with van der Waals surface area (Å²) in [6.45, 7) is 3.34. The Morgan fingerprint density at radius 3 is 3.00 bits per heavy atom. The first-order valence-corrected chi connectivity index (χ1v) is 5.95. The van der Waals surface area contributed by atoms with E-state index in [1.807, 2.05) is 6.92 Å². The predicted molar refractivity (Wildman–Crippen MR) is 65.4 cm³/mol. The number of carboxylic acids is 1. The molecule has 0 bridgehead atoms. The van der Waals surface area contributed by atoms with E-state index in [4.69, 9.17) is 9.84 Å². The van der Waals surface area contributed by atoms with Crippen LogP contribution in [0.4, 0.5) is 10.1 Å². The van der Waals surface area contributed by atoms with Gasteiger partial charge in [-0.15, -0.1) is 0 Å². The molecule has 18 heavy (non-hydrogen) atoms. The summed E-state index contributed by atoms with van der Waals surface area (Å²) in [5.74, 6) is -1.65. The lowest BCUT2D eigenvalue weighted by Crippen LogP contribution is -2.27. The number of halogens is 1. The number of anilines is 1. The quantitative estimate of drug-likeness (QED) is 0.864. The fourth-order valence-electron chi connectivity index (χ4n) is 2.17. The zero-order valence-electron chi connectivity index (χ0n) is 10.1. The van der Waals surface area contributed by atoms with Crippen molar-refractivity contribution in [1.29, 1.82) is 0 Å². The second kappa shape index (κ2) is 5.35. The van der Waals surface area contributed by atoms with Gasteiger partial charge in [0.1, 0.15) is 11.4 Å². The molecule has 1 saturated heterocycles. The van der Waals surface area contributed by atoms with Crippen LogP contribution in [0.5, 0.6) is 0 Å². The first-order valence-electron chi connectivity index (χ1n) is 5.95. The molecule has 0 radical (unpaired) electrons. The van der Waals surface area contributed by atoms with Gasteiger partial charge in [0.25, 0.3) is 0 Å². The molecule has 0 aromatic heterocycles. The van der Waals surface area contributed by atoms with Gasteiger partial charge in [-0.2, -0.15) is 0 Å². The molecule has 1 fully saturated rings. The van der Waals surface area contributed by atoms with Gasteiger partial charge in [0.05, 0.1) is 12.3 Å². The minimum atomic E-state index is -1.26. The number of aromatic carboxylic acids is 1. The number of carbonyl (C=O) groups is 1. The molecule has 1 heterocycles. The number of nitrogens with one attached hydrogen (secondary N) is 1. The van der Waals surface area contributed by atoms with Crippen molar-refractivity contribution < 1.29 is 19.0 Å². The zero-order valence-corrected chi connectivity index (χ0v) is 10.1. The number of carboxylic acid groups (broad SMARTS) is 1. The van der Waals surface area contributed by atoms with Crippen molar-refractivity contribution in [2.75, 3.05) is 18.5 Å². The van der Waals surface area contributed by atoms with E-state index >= 15 is 0 Å². The lowest BCUT2D eigenvalue weighted by molar-refractivity contribution is 0.0693. The number of benzene rings is 1. The normalized spacial score (nSPS) is 20.7. The van der Waals surface area contributed by atoms with E-state index in [0.717, 1.165) is 19.1 Å². The molecule has 0 saturated carbocycles. The Bertz CT molecular complexity index is 444. The molecule has 1 aromatic rings. The standard InChI is InChI=1S/C13H16FNO3/c1-8(9-5-6-18-7-9)15-11-4-2-3-10(14)12(11)13(16)17/h2-4,8-9,15H,5-7H2,1H3,(H,16,17). The van der Waals surface area contributed by atoms with E-state index < -0.39 is 11.8 Å². The van der Waals surface area contributed by atoms with Crippen LogP contribution in [0.2, 0.25) is 0 Å². The van der Waals surface area contributed by atoms with Crippen molar-refractivity contribution in [3.05, 3.63) is 29.6 Å². The molecule has 2 N–H and O–H groups in total. The van der Waals surface area contributed by atoms with E-state index in [-0.39, 0.29) is 11.6 Å². The van der Waals surface area contributed by atoms with Gasteiger partial charge in [0, 0.05) is 18.6 Å². The summed E-state index contributed by atoms with van der Waals surface area (Å²) < 4.78 is 18.8. The van der Waals surface area contributed by atoms with Crippen LogP contribution in [0.25, 0.3) is 0 Å². The number of rotatable bonds is 4. The van der Waals surface area contributed by atoms with Gasteiger partial charge in [-0.25, -0.2) is 9.18 Å². The van der Waals surface area contributed by atoms with E-state index in [2.05, 4.69) is 5.32 Å². The van der Waals surface area contributed by atoms with Crippen molar-refractivity contribution >= 4 is 11.7 Å². The number of hydrogen-bond acceptors (Lipinski definition) is 3. The Morgan fingerprint density at radius 1 is 1.61 bits per heavy atom. The van der Waals surface area contributed by atoms with E-state index in [1.54, 1.807) is 6.07 Å². The third kappa shape index (κ3) is 2.61. The second-order valence-electron chi connectivity index (χ2n) is 4.52. The van der Waals surface area contributed by atoms with Crippen LogP contribution in [0.15, 0.2) is 18.2 Å². The predicted octanol–water partition coefficient (Wildman–Crippen LogP) is 2.36. The highest BCUT2D eigenvalue weighted by molar-refractivity contribution is 5.94. The average Bonchev–Trinajstić information content (AvgIpc) is 2.81. The van der Waals surface area contributed by atoms with Gasteiger partial charge in [-0.1, -0.05) is 6.07 Å². The van der Waals surface area contributed by atoms with Crippen LogP contribution < -0.4 is 5.32 Å². The summed E-state index contributed by atoms with van der Waals surface area (Å²) in [6.07, 6.45) is 0.936. The third-order valence-electron chi connectivity index (χ3n) is 3.28. The molecule has 0 amide bonds. The monoisotopic (exact) mass is 253 g/mol. The van der Waals surface area contributed by atoms with Crippen molar-refractivity contribution in [3.8, 4) is 0 Å². The molecule has 2 atom stereocenters. The molecular formula is C13H16FNO3. The highest BCUT2D eigenvalue weighted by Gasteiger charge is 2.24. The van der Waals surface area contributed by atoms with Crippen LogP contribution in [0, 0.1) is 11.7 Å². The molecule has 2 unspecified atom stereocenters. The largest absolute Gasteiger partial charge is 0.478 e. The van der Waals surface area contributed by atoms with Gasteiger partial charge < -0.3 is 15.2 Å². The van der Waals surface area contributed by atoms with Crippen molar-refractivity contribution in [2.45, 2.75) is 19.4 Å². The maximum atomic E-state index is 13.5. The molecule has 0 spiro atoms. The first kappa shape index (κ1) is 12.8. The lowest BCUT2D eigenvalue weighted by atomic mass is 10.00. The maximum absolute atomic E-state index is 13.5. The lowest BCUT2D eigenvalue weighted by Gasteiger charge is -2.21. The SMILES string of the molecule is CC(Nc1cccc(F)c1C(=O)O)C1CCOC1. The highest BCUT2D eigenvalue weighted by Crippen LogP contribution is 2.24. The summed E-state index contributed by atoms with van der Waals surface area (Å²) in [7, 11) is 0. The summed E-state index contributed by atoms with van der Waals surface area (Å²) >= 11 is 0. The Balaban J connectivity index is 2.17. The van der Waals surface area contributed by atoms with Crippen molar-refractivity contribution in [3.63, 3.8) is 0 Å². The molecule has 5 heteroatoms. The molecule has 4 nitrogen and oxygen atoms in total. The van der Waals surface area contributed by atoms with Crippen molar-refractivity contribution in [1.82, 2.24) is 0 Å². The topological polar surface area (TPSA) is 58.6 Å². The van der Waals surface area contributed by atoms with Gasteiger partial charge in [-0.05, 0) is 25.5 Å². The Kier molecular flexibility index (Phi) is 3.81. The molecule has 98 valence electrons. The first-order chi connectivity index (χ1) is 8.59. The fourth-order valence-corrected chi connectivity index (χ4v) is 2.17. The Morgan fingerprint density at radius 2 is 2.39 bits per heavy atom. The smallest absolute Gasteiger partial charge is 0.340 e. The summed E-state index contributed by atoms with van der Waals surface area (Å²) in [5.41, 5.74) is 0.0187. The van der Waals surface area contributed by atoms with E-state index in [0.29, 0.717) is 18.2 Å². The number of hydrogen-bond donors (Lipinski definition) is 2. The minimum Gasteiger partial charge on any atom is -0.478 e. The van der Waals surface area contributed by atoms with Crippen LogP contribution in [-0.2, 0) is 4.74 Å². The number of ether oxygens (including phenoxy) is 1. The van der Waals surface area contributed by atoms with Gasteiger partial charge >= 0.3 is 5.97 Å². The molecular weight excluding hydrogens is 237 g/mol. The van der Waals surface area contributed by atoms with Gasteiger partial charge in [0.2, 0.25) is 0 Å². The van der Waals surface area contributed by atoms with Crippen molar-refractivity contribution in [2.24, 2.45) is 5.92 Å². The fraction of sp³-hybridized carbons (Fsp3) is 0.462. The molecule has 2 rings (SSSR count).